The first-order valence-electron chi connectivity index (χ1n) is 7.89. The van der Waals surface area contributed by atoms with Gasteiger partial charge < -0.3 is 16.0 Å². The molecule has 0 aromatic heterocycles. The topological polar surface area (TPSA) is 75.4 Å². The number of benzene rings is 1. The van der Waals surface area contributed by atoms with Crippen LogP contribution in [0.15, 0.2) is 24.3 Å². The summed E-state index contributed by atoms with van der Waals surface area (Å²) in [7, 11) is 1.64. The van der Waals surface area contributed by atoms with Gasteiger partial charge in [-0.3, -0.25) is 9.59 Å². The molecule has 2 atom stereocenters. The molecule has 0 heterocycles. The number of likely N-dealkylation sites (N-methyl/N-ethyl adjacent to an activating group) is 1. The SMILES string of the molecule is CN(CC(=O)Nc1cccc(Cl)c1)C(=O)C1CCCCC1(C)N.Cl. The Balaban J connectivity index is 0.00000288. The zero-order valence-corrected chi connectivity index (χ0v) is 15.6. The van der Waals surface area contributed by atoms with Gasteiger partial charge in [0.2, 0.25) is 11.8 Å². The summed E-state index contributed by atoms with van der Waals surface area (Å²) in [6.07, 6.45) is 3.68. The van der Waals surface area contributed by atoms with Gasteiger partial charge in [0.15, 0.2) is 0 Å². The lowest BCUT2D eigenvalue weighted by Crippen LogP contribution is -2.53. The third kappa shape index (κ3) is 5.36. The van der Waals surface area contributed by atoms with Gasteiger partial charge in [0.25, 0.3) is 0 Å². The quantitative estimate of drug-likeness (QED) is 0.851. The van der Waals surface area contributed by atoms with Gasteiger partial charge in [0.1, 0.15) is 0 Å². The Kier molecular flexibility index (Phi) is 7.52. The van der Waals surface area contributed by atoms with Crippen LogP contribution in [0.5, 0.6) is 0 Å². The summed E-state index contributed by atoms with van der Waals surface area (Å²) in [5.74, 6) is -0.534. The van der Waals surface area contributed by atoms with Crippen molar-refractivity contribution in [3.8, 4) is 0 Å². The molecule has 5 nitrogen and oxygen atoms in total. The third-order valence-electron chi connectivity index (χ3n) is 4.42. The molecule has 134 valence electrons. The van der Waals surface area contributed by atoms with E-state index in [0.29, 0.717) is 10.7 Å². The predicted octanol–water partition coefficient (Wildman–Crippen LogP) is 3.07. The molecular weight excluding hydrogens is 349 g/mol. The Bertz CT molecular complexity index is 593. The fraction of sp³-hybridized carbons (Fsp3) is 0.529. The monoisotopic (exact) mass is 373 g/mol. The van der Waals surface area contributed by atoms with E-state index < -0.39 is 5.54 Å². The van der Waals surface area contributed by atoms with Gasteiger partial charge in [-0.1, -0.05) is 30.5 Å². The Morgan fingerprint density at radius 3 is 2.75 bits per heavy atom. The van der Waals surface area contributed by atoms with E-state index in [1.165, 1.54) is 4.90 Å². The predicted molar refractivity (Wildman–Crippen MR) is 99.5 cm³/mol. The first kappa shape index (κ1) is 20.7. The van der Waals surface area contributed by atoms with E-state index >= 15 is 0 Å². The Morgan fingerprint density at radius 1 is 1.42 bits per heavy atom. The van der Waals surface area contributed by atoms with Crippen LogP contribution in [0.3, 0.4) is 0 Å². The summed E-state index contributed by atoms with van der Waals surface area (Å²) >= 11 is 5.89. The zero-order chi connectivity index (χ0) is 17.0. The molecule has 0 spiro atoms. The molecule has 2 rings (SSSR count). The number of nitrogens with one attached hydrogen (secondary N) is 1. The van der Waals surface area contributed by atoms with Gasteiger partial charge in [0, 0.05) is 23.3 Å². The average molecular weight is 374 g/mol. The minimum absolute atomic E-state index is 0. The second-order valence-electron chi connectivity index (χ2n) is 6.56. The number of rotatable bonds is 4. The molecule has 2 amide bonds. The highest BCUT2D eigenvalue weighted by Crippen LogP contribution is 2.32. The van der Waals surface area contributed by atoms with E-state index in [1.807, 2.05) is 6.92 Å². The lowest BCUT2D eigenvalue weighted by Gasteiger charge is -2.39. The van der Waals surface area contributed by atoms with Gasteiger partial charge in [-0.25, -0.2) is 0 Å². The van der Waals surface area contributed by atoms with Crippen LogP contribution in [0.1, 0.15) is 32.6 Å². The molecule has 1 aliphatic rings. The van der Waals surface area contributed by atoms with E-state index in [9.17, 15) is 9.59 Å². The molecule has 0 saturated heterocycles. The highest BCUT2D eigenvalue weighted by Gasteiger charge is 2.39. The molecule has 0 radical (unpaired) electrons. The van der Waals surface area contributed by atoms with Crippen molar-refractivity contribution in [1.29, 1.82) is 0 Å². The number of carbonyl (C=O) groups is 2. The van der Waals surface area contributed by atoms with Crippen LogP contribution in [-0.4, -0.2) is 35.8 Å². The molecule has 3 N–H and O–H groups in total. The molecule has 1 aromatic rings. The molecule has 1 saturated carbocycles. The van der Waals surface area contributed by atoms with Crippen molar-refractivity contribution < 1.29 is 9.59 Å². The fourth-order valence-corrected chi connectivity index (χ4v) is 3.28. The maximum atomic E-state index is 12.6. The molecule has 24 heavy (non-hydrogen) atoms. The molecule has 2 unspecified atom stereocenters. The molecule has 0 aliphatic heterocycles. The summed E-state index contributed by atoms with van der Waals surface area (Å²) in [5.41, 5.74) is 6.39. The lowest BCUT2D eigenvalue weighted by molar-refractivity contribution is -0.139. The summed E-state index contributed by atoms with van der Waals surface area (Å²) in [6.45, 7) is 1.92. The minimum atomic E-state index is -0.493. The van der Waals surface area contributed by atoms with Gasteiger partial charge in [0.05, 0.1) is 12.5 Å². The summed E-state index contributed by atoms with van der Waals surface area (Å²) in [5, 5.41) is 3.29. The van der Waals surface area contributed by atoms with Crippen molar-refractivity contribution in [2.45, 2.75) is 38.1 Å². The number of carbonyl (C=O) groups excluding carboxylic acids is 2. The first-order chi connectivity index (χ1) is 10.8. The van der Waals surface area contributed by atoms with Crippen LogP contribution >= 0.6 is 24.0 Å². The molecule has 0 bridgehead atoms. The Hall–Kier alpha value is -1.30. The van der Waals surface area contributed by atoms with E-state index in [4.69, 9.17) is 17.3 Å². The summed E-state index contributed by atoms with van der Waals surface area (Å²) < 4.78 is 0. The number of anilines is 1. The van der Waals surface area contributed by atoms with Crippen molar-refractivity contribution >= 4 is 41.5 Å². The van der Waals surface area contributed by atoms with Gasteiger partial charge >= 0.3 is 0 Å². The van der Waals surface area contributed by atoms with Gasteiger partial charge in [-0.15, -0.1) is 12.4 Å². The van der Waals surface area contributed by atoms with Crippen LogP contribution in [-0.2, 0) is 9.59 Å². The number of amides is 2. The van der Waals surface area contributed by atoms with E-state index in [2.05, 4.69) is 5.32 Å². The molecule has 1 fully saturated rings. The minimum Gasteiger partial charge on any atom is -0.336 e. The van der Waals surface area contributed by atoms with Crippen LogP contribution in [0.4, 0.5) is 5.69 Å². The molecular formula is C17H25Cl2N3O2. The maximum absolute atomic E-state index is 12.6. The zero-order valence-electron chi connectivity index (χ0n) is 14.0. The molecule has 7 heteroatoms. The maximum Gasteiger partial charge on any atom is 0.243 e. The average Bonchev–Trinajstić information content (AvgIpc) is 2.45. The van der Waals surface area contributed by atoms with Crippen LogP contribution in [0.2, 0.25) is 5.02 Å². The number of hydrogen-bond acceptors (Lipinski definition) is 3. The van der Waals surface area contributed by atoms with E-state index in [0.717, 1.165) is 25.7 Å². The number of hydrogen-bond donors (Lipinski definition) is 2. The second kappa shape index (κ2) is 8.70. The molecule has 1 aromatic carbocycles. The van der Waals surface area contributed by atoms with Crippen molar-refractivity contribution in [1.82, 2.24) is 4.90 Å². The fourth-order valence-electron chi connectivity index (χ4n) is 3.09. The van der Waals surface area contributed by atoms with Crippen molar-refractivity contribution in [3.63, 3.8) is 0 Å². The largest absolute Gasteiger partial charge is 0.336 e. The Labute approximate surface area is 154 Å². The normalized spacial score (nSPS) is 23.1. The van der Waals surface area contributed by atoms with Crippen LogP contribution in [0, 0.1) is 5.92 Å². The number of nitrogens with zero attached hydrogens (tertiary/aromatic N) is 1. The van der Waals surface area contributed by atoms with Crippen molar-refractivity contribution in [2.24, 2.45) is 11.7 Å². The number of halogens is 2. The van der Waals surface area contributed by atoms with Crippen molar-refractivity contribution in [2.75, 3.05) is 18.9 Å². The highest BCUT2D eigenvalue weighted by atomic mass is 35.5. The lowest BCUT2D eigenvalue weighted by atomic mass is 9.74. The van der Waals surface area contributed by atoms with E-state index in [1.54, 1.807) is 31.3 Å². The third-order valence-corrected chi connectivity index (χ3v) is 4.65. The standard InChI is InChI=1S/C17H24ClN3O2.ClH/c1-17(19)9-4-3-8-14(17)16(23)21(2)11-15(22)20-13-7-5-6-12(18)10-13;/h5-7,10,14H,3-4,8-9,11,19H2,1-2H3,(H,20,22);1H. The second-order valence-corrected chi connectivity index (χ2v) is 6.99. The number of nitrogens with two attached hydrogens (primary N) is 1. The van der Waals surface area contributed by atoms with Crippen LogP contribution < -0.4 is 11.1 Å². The summed E-state index contributed by atoms with van der Waals surface area (Å²) in [4.78, 5) is 26.2. The van der Waals surface area contributed by atoms with Gasteiger partial charge in [-0.2, -0.15) is 0 Å². The highest BCUT2D eigenvalue weighted by molar-refractivity contribution is 6.30. The summed E-state index contributed by atoms with van der Waals surface area (Å²) in [6, 6.07) is 6.91. The van der Waals surface area contributed by atoms with Gasteiger partial charge in [-0.05, 0) is 38.0 Å². The Morgan fingerprint density at radius 2 is 2.12 bits per heavy atom. The smallest absolute Gasteiger partial charge is 0.243 e. The first-order valence-corrected chi connectivity index (χ1v) is 8.26. The van der Waals surface area contributed by atoms with Crippen molar-refractivity contribution in [3.05, 3.63) is 29.3 Å². The van der Waals surface area contributed by atoms with E-state index in [-0.39, 0.29) is 36.7 Å². The molecule has 1 aliphatic carbocycles. The van der Waals surface area contributed by atoms with Crippen LogP contribution in [0.25, 0.3) is 0 Å².